The quantitative estimate of drug-likeness (QED) is 0.559. The van der Waals surface area contributed by atoms with Crippen LogP contribution in [-0.2, 0) is 22.7 Å². The fraction of sp³-hybridized carbons (Fsp3) is 0.368. The number of halogens is 3. The van der Waals surface area contributed by atoms with Crippen LogP contribution in [0.3, 0.4) is 0 Å². The van der Waals surface area contributed by atoms with Crippen LogP contribution in [0.4, 0.5) is 24.5 Å². The summed E-state index contributed by atoms with van der Waals surface area (Å²) in [5.74, 6) is -0.225. The van der Waals surface area contributed by atoms with Crippen molar-refractivity contribution in [2.75, 3.05) is 30.3 Å². The van der Waals surface area contributed by atoms with Crippen LogP contribution < -0.4 is 10.2 Å². The van der Waals surface area contributed by atoms with Crippen molar-refractivity contribution in [3.05, 3.63) is 59.7 Å². The molecule has 1 unspecified atom stereocenters. The molecule has 28 heavy (non-hydrogen) atoms. The number of benzene rings is 2. The normalized spacial score (nSPS) is 17.4. The van der Waals surface area contributed by atoms with E-state index in [-0.39, 0.29) is 18.2 Å². The van der Waals surface area contributed by atoms with E-state index in [2.05, 4.69) is 5.32 Å². The summed E-state index contributed by atoms with van der Waals surface area (Å²) < 4.78 is 68.9. The first-order valence-electron chi connectivity index (χ1n) is 8.82. The van der Waals surface area contributed by atoms with Crippen LogP contribution in [0.15, 0.2) is 48.5 Å². The molecule has 5 nitrogen and oxygen atoms in total. The van der Waals surface area contributed by atoms with E-state index in [9.17, 15) is 21.6 Å². The van der Waals surface area contributed by atoms with Gasteiger partial charge >= 0.3 is 6.18 Å². The second-order valence-electron chi connectivity index (χ2n) is 6.84. The molecule has 2 aromatic rings. The Kier molecular flexibility index (Phi) is 5.97. The minimum absolute atomic E-state index is 0.136. The predicted octanol–water partition coefficient (Wildman–Crippen LogP) is 3.49. The predicted molar refractivity (Wildman–Crippen MR) is 101 cm³/mol. The van der Waals surface area contributed by atoms with Crippen LogP contribution in [0.25, 0.3) is 0 Å². The Hall–Kier alpha value is -2.10. The first-order valence-corrected chi connectivity index (χ1v) is 10.4. The number of anilines is 2. The molecule has 1 aliphatic heterocycles. The fourth-order valence-electron chi connectivity index (χ4n) is 3.40. The minimum atomic E-state index is -4.38. The Morgan fingerprint density at radius 1 is 1.11 bits per heavy atom. The lowest BCUT2D eigenvalue weighted by molar-refractivity contribution is -0.137. The molecular formula is C19H21F3N2O3S. The van der Waals surface area contributed by atoms with Gasteiger partial charge in [-0.2, -0.15) is 21.6 Å². The van der Waals surface area contributed by atoms with Crippen molar-refractivity contribution in [3.63, 3.8) is 0 Å². The molecule has 0 aromatic heterocycles. The highest BCUT2D eigenvalue weighted by atomic mass is 32.2. The monoisotopic (exact) mass is 414 g/mol. The zero-order chi connectivity index (χ0) is 20.4. The van der Waals surface area contributed by atoms with Crippen molar-refractivity contribution >= 4 is 21.5 Å². The van der Waals surface area contributed by atoms with E-state index < -0.39 is 21.9 Å². The molecule has 3 rings (SSSR count). The van der Waals surface area contributed by atoms with Crippen LogP contribution in [-0.4, -0.2) is 38.4 Å². The zero-order valence-corrected chi connectivity index (χ0v) is 15.8. The summed E-state index contributed by atoms with van der Waals surface area (Å²) in [7, 11) is -4.01. The SMILES string of the molecule is O=S(=O)(O)CCNCC1Cc2ccccc2N(c2ccc(C(F)(F)F)cc2)C1. The molecule has 1 heterocycles. The highest BCUT2D eigenvalue weighted by Crippen LogP contribution is 2.37. The molecule has 0 amide bonds. The lowest BCUT2D eigenvalue weighted by atomic mass is 9.92. The van der Waals surface area contributed by atoms with Gasteiger partial charge in [-0.25, -0.2) is 0 Å². The Balaban J connectivity index is 1.76. The van der Waals surface area contributed by atoms with E-state index in [0.29, 0.717) is 18.8 Å². The van der Waals surface area contributed by atoms with Gasteiger partial charge in [-0.3, -0.25) is 4.55 Å². The number of hydrogen-bond acceptors (Lipinski definition) is 4. The van der Waals surface area contributed by atoms with Crippen molar-refractivity contribution in [2.45, 2.75) is 12.6 Å². The molecular weight excluding hydrogens is 393 g/mol. The molecule has 9 heteroatoms. The number of para-hydroxylation sites is 1. The van der Waals surface area contributed by atoms with E-state index in [1.165, 1.54) is 12.1 Å². The van der Waals surface area contributed by atoms with Crippen LogP contribution in [0.5, 0.6) is 0 Å². The number of nitrogens with one attached hydrogen (secondary N) is 1. The van der Waals surface area contributed by atoms with E-state index in [4.69, 9.17) is 4.55 Å². The Morgan fingerprint density at radius 2 is 1.79 bits per heavy atom. The second kappa shape index (κ2) is 8.10. The molecule has 1 atom stereocenters. The summed E-state index contributed by atoms with van der Waals surface area (Å²) >= 11 is 0. The van der Waals surface area contributed by atoms with Gasteiger partial charge < -0.3 is 10.2 Å². The summed E-state index contributed by atoms with van der Waals surface area (Å²) in [4.78, 5) is 1.98. The van der Waals surface area contributed by atoms with E-state index in [0.717, 1.165) is 29.8 Å². The third-order valence-corrected chi connectivity index (χ3v) is 5.43. The standard InChI is InChI=1S/C19H21F3N2O3S/c20-19(21,22)16-5-7-17(8-6-16)24-13-14(12-23-9-10-28(25,26)27)11-15-3-1-2-4-18(15)24/h1-8,14,23H,9-13H2,(H,25,26,27). The Morgan fingerprint density at radius 3 is 2.43 bits per heavy atom. The summed E-state index contributed by atoms with van der Waals surface area (Å²) in [6.45, 7) is 1.25. The average molecular weight is 414 g/mol. The van der Waals surface area contributed by atoms with Gasteiger partial charge in [0.1, 0.15) is 0 Å². The van der Waals surface area contributed by atoms with E-state index in [1.54, 1.807) is 0 Å². The molecule has 2 aromatic carbocycles. The largest absolute Gasteiger partial charge is 0.416 e. The topological polar surface area (TPSA) is 69.6 Å². The number of hydrogen-bond donors (Lipinski definition) is 2. The van der Waals surface area contributed by atoms with Crippen molar-refractivity contribution in [2.24, 2.45) is 5.92 Å². The molecule has 0 saturated heterocycles. The van der Waals surface area contributed by atoms with Gasteiger partial charge in [-0.15, -0.1) is 0 Å². The zero-order valence-electron chi connectivity index (χ0n) is 15.0. The smallest absolute Gasteiger partial charge is 0.341 e. The maximum atomic E-state index is 12.8. The summed E-state index contributed by atoms with van der Waals surface area (Å²) in [6.07, 6.45) is -3.61. The second-order valence-corrected chi connectivity index (χ2v) is 8.42. The molecule has 0 spiro atoms. The Bertz CT molecular complexity index is 915. The van der Waals surface area contributed by atoms with Gasteiger partial charge in [0.2, 0.25) is 0 Å². The third kappa shape index (κ3) is 5.24. The lowest BCUT2D eigenvalue weighted by Gasteiger charge is -2.36. The van der Waals surface area contributed by atoms with Crippen LogP contribution in [0.1, 0.15) is 11.1 Å². The van der Waals surface area contributed by atoms with Gasteiger partial charge in [0, 0.05) is 31.0 Å². The molecule has 0 aliphatic carbocycles. The molecule has 0 fully saturated rings. The van der Waals surface area contributed by atoms with Gasteiger partial charge in [-0.1, -0.05) is 18.2 Å². The fourth-order valence-corrected chi connectivity index (χ4v) is 3.80. The highest BCUT2D eigenvalue weighted by molar-refractivity contribution is 7.85. The summed E-state index contributed by atoms with van der Waals surface area (Å²) in [5.41, 5.74) is 2.01. The van der Waals surface area contributed by atoms with Crippen molar-refractivity contribution in [1.29, 1.82) is 0 Å². The van der Waals surface area contributed by atoms with Crippen molar-refractivity contribution < 1.29 is 26.1 Å². The lowest BCUT2D eigenvalue weighted by Crippen LogP contribution is -2.38. The number of fused-ring (bicyclic) bond motifs is 1. The van der Waals surface area contributed by atoms with Crippen molar-refractivity contribution in [3.8, 4) is 0 Å². The first-order chi connectivity index (χ1) is 13.1. The first kappa shape index (κ1) is 20.6. The summed E-state index contributed by atoms with van der Waals surface area (Å²) in [5, 5.41) is 3.03. The van der Waals surface area contributed by atoms with Crippen LogP contribution in [0.2, 0.25) is 0 Å². The average Bonchev–Trinajstić information content (AvgIpc) is 2.63. The third-order valence-electron chi connectivity index (χ3n) is 4.71. The minimum Gasteiger partial charge on any atom is -0.341 e. The molecule has 0 radical (unpaired) electrons. The summed E-state index contributed by atoms with van der Waals surface area (Å²) in [6, 6.07) is 12.8. The molecule has 1 aliphatic rings. The van der Waals surface area contributed by atoms with Gasteiger partial charge in [-0.05, 0) is 48.2 Å². The number of alkyl halides is 3. The van der Waals surface area contributed by atoms with Crippen LogP contribution in [0, 0.1) is 5.92 Å². The molecule has 2 N–H and O–H groups in total. The highest BCUT2D eigenvalue weighted by Gasteiger charge is 2.31. The maximum absolute atomic E-state index is 12.8. The van der Waals surface area contributed by atoms with Gasteiger partial charge in [0.05, 0.1) is 11.3 Å². The number of nitrogens with zero attached hydrogens (tertiary/aromatic N) is 1. The van der Waals surface area contributed by atoms with Gasteiger partial charge in [0.15, 0.2) is 0 Å². The maximum Gasteiger partial charge on any atom is 0.416 e. The molecule has 0 bridgehead atoms. The number of rotatable bonds is 6. The van der Waals surface area contributed by atoms with Crippen molar-refractivity contribution in [1.82, 2.24) is 5.32 Å². The van der Waals surface area contributed by atoms with E-state index in [1.807, 2.05) is 29.2 Å². The molecule has 0 saturated carbocycles. The van der Waals surface area contributed by atoms with E-state index >= 15 is 0 Å². The van der Waals surface area contributed by atoms with Gasteiger partial charge in [0.25, 0.3) is 10.1 Å². The molecule has 152 valence electrons. The Labute approximate surface area is 161 Å². The van der Waals surface area contributed by atoms with Crippen LogP contribution >= 0.6 is 0 Å².